The first-order valence-corrected chi connectivity index (χ1v) is 5.92. The van der Waals surface area contributed by atoms with Crippen LogP contribution in [0.25, 0.3) is 11.1 Å². The van der Waals surface area contributed by atoms with Crippen molar-refractivity contribution in [1.82, 2.24) is 0 Å². The van der Waals surface area contributed by atoms with Gasteiger partial charge in [0.05, 0.1) is 0 Å². The molecule has 0 aliphatic carbocycles. The van der Waals surface area contributed by atoms with Crippen LogP contribution in [-0.4, -0.2) is 12.9 Å². The lowest BCUT2D eigenvalue weighted by atomic mass is 9.94. The topological polar surface area (TPSA) is 64.4 Å². The van der Waals surface area contributed by atoms with Crippen LogP contribution in [0.3, 0.4) is 0 Å². The minimum atomic E-state index is -0.258. The van der Waals surface area contributed by atoms with Crippen molar-refractivity contribution in [3.8, 4) is 11.1 Å². The molecule has 0 radical (unpaired) electrons. The van der Waals surface area contributed by atoms with Gasteiger partial charge in [-0.3, -0.25) is 4.99 Å². The molecule has 2 aromatic rings. The Morgan fingerprint density at radius 3 is 2.32 bits per heavy atom. The smallest absolute Gasteiger partial charge is 0.127 e. The van der Waals surface area contributed by atoms with Gasteiger partial charge in [0.2, 0.25) is 0 Å². The lowest BCUT2D eigenvalue weighted by Gasteiger charge is -2.13. The van der Waals surface area contributed by atoms with Gasteiger partial charge in [-0.1, -0.05) is 18.2 Å². The van der Waals surface area contributed by atoms with Crippen molar-refractivity contribution in [3.63, 3.8) is 0 Å². The number of anilines is 1. The van der Waals surface area contributed by atoms with E-state index < -0.39 is 0 Å². The quantitative estimate of drug-likeness (QED) is 0.493. The lowest BCUT2D eigenvalue weighted by Crippen LogP contribution is -2.17. The number of rotatable bonds is 2. The molecule has 2 aromatic carbocycles. The van der Waals surface area contributed by atoms with Crippen LogP contribution >= 0.6 is 0 Å². The number of halogens is 1. The Hall–Kier alpha value is -2.36. The van der Waals surface area contributed by atoms with Crippen LogP contribution in [0.1, 0.15) is 11.1 Å². The van der Waals surface area contributed by atoms with E-state index in [4.69, 9.17) is 11.5 Å². The summed E-state index contributed by atoms with van der Waals surface area (Å²) in [5.41, 5.74) is 16.0. The minimum absolute atomic E-state index is 0.258. The van der Waals surface area contributed by atoms with Gasteiger partial charge >= 0.3 is 0 Å². The molecule has 0 amide bonds. The van der Waals surface area contributed by atoms with Crippen molar-refractivity contribution in [2.45, 2.75) is 6.92 Å². The van der Waals surface area contributed by atoms with Crippen molar-refractivity contribution >= 4 is 11.5 Å². The maximum atomic E-state index is 13.0. The molecular weight excluding hydrogens is 241 g/mol. The number of benzene rings is 2. The van der Waals surface area contributed by atoms with E-state index in [0.29, 0.717) is 11.5 Å². The van der Waals surface area contributed by atoms with Gasteiger partial charge in [-0.25, -0.2) is 4.39 Å². The highest BCUT2D eigenvalue weighted by atomic mass is 19.1. The van der Waals surface area contributed by atoms with E-state index in [1.54, 1.807) is 25.2 Å². The van der Waals surface area contributed by atoms with Crippen LogP contribution in [0.15, 0.2) is 41.4 Å². The first-order valence-electron chi connectivity index (χ1n) is 5.92. The van der Waals surface area contributed by atoms with E-state index in [1.165, 1.54) is 12.1 Å². The summed E-state index contributed by atoms with van der Waals surface area (Å²) < 4.78 is 13.0. The van der Waals surface area contributed by atoms with Gasteiger partial charge < -0.3 is 11.5 Å². The van der Waals surface area contributed by atoms with E-state index in [1.807, 2.05) is 13.0 Å². The Morgan fingerprint density at radius 1 is 1.11 bits per heavy atom. The first-order chi connectivity index (χ1) is 9.04. The van der Waals surface area contributed by atoms with Crippen LogP contribution in [-0.2, 0) is 0 Å². The maximum absolute atomic E-state index is 13.0. The number of nitrogen functional groups attached to an aromatic ring is 1. The molecule has 0 aromatic heterocycles. The van der Waals surface area contributed by atoms with Gasteiger partial charge in [-0.05, 0) is 41.8 Å². The third kappa shape index (κ3) is 2.42. The number of aliphatic imine (C=N–C) groups is 1. The highest BCUT2D eigenvalue weighted by Crippen LogP contribution is 2.29. The maximum Gasteiger partial charge on any atom is 0.127 e. The molecular formula is C15H16FN3. The average Bonchev–Trinajstić information content (AvgIpc) is 2.40. The summed E-state index contributed by atoms with van der Waals surface area (Å²) in [5, 5.41) is 0. The molecule has 4 heteroatoms. The summed E-state index contributed by atoms with van der Waals surface area (Å²) in [7, 11) is 1.62. The predicted octanol–water partition coefficient (Wildman–Crippen LogP) is 2.72. The monoisotopic (exact) mass is 257 g/mol. The third-order valence-electron chi connectivity index (χ3n) is 3.15. The van der Waals surface area contributed by atoms with Gasteiger partial charge in [0.25, 0.3) is 0 Å². The Balaban J connectivity index is 2.63. The van der Waals surface area contributed by atoms with Crippen molar-refractivity contribution in [2.24, 2.45) is 10.7 Å². The molecule has 0 fully saturated rings. The first kappa shape index (κ1) is 13.1. The second kappa shape index (κ2) is 5.10. The molecule has 0 saturated carbocycles. The number of nitrogens with zero attached hydrogens (tertiary/aromatic N) is 1. The van der Waals surface area contributed by atoms with Crippen LogP contribution in [0.2, 0.25) is 0 Å². The molecule has 0 spiro atoms. The van der Waals surface area contributed by atoms with Gasteiger partial charge in [-0.2, -0.15) is 0 Å². The molecule has 0 aliphatic rings. The molecule has 0 bridgehead atoms. The zero-order valence-corrected chi connectivity index (χ0v) is 10.9. The number of hydrogen-bond acceptors (Lipinski definition) is 2. The molecule has 4 N–H and O–H groups in total. The van der Waals surface area contributed by atoms with E-state index in [2.05, 4.69) is 4.99 Å². The SMILES string of the molecule is CN=C(N)c1c(N)ccc(-c2ccc(F)cc2)c1C. The molecule has 19 heavy (non-hydrogen) atoms. The van der Waals surface area contributed by atoms with E-state index in [-0.39, 0.29) is 5.82 Å². The van der Waals surface area contributed by atoms with Crippen LogP contribution in [0.5, 0.6) is 0 Å². The highest BCUT2D eigenvalue weighted by Gasteiger charge is 2.12. The fourth-order valence-electron chi connectivity index (χ4n) is 2.13. The van der Waals surface area contributed by atoms with Gasteiger partial charge in [0.15, 0.2) is 0 Å². The van der Waals surface area contributed by atoms with Gasteiger partial charge in [0.1, 0.15) is 11.7 Å². The summed E-state index contributed by atoms with van der Waals surface area (Å²) in [4.78, 5) is 3.98. The van der Waals surface area contributed by atoms with Crippen LogP contribution in [0, 0.1) is 12.7 Å². The standard InChI is InChI=1S/C15H16FN3/c1-9-12(10-3-5-11(16)6-4-10)7-8-13(17)14(9)15(18)19-2/h3-8H,17H2,1-2H3,(H2,18,19). The fourth-order valence-corrected chi connectivity index (χ4v) is 2.13. The predicted molar refractivity (Wildman–Crippen MR) is 77.6 cm³/mol. The molecule has 0 heterocycles. The van der Waals surface area contributed by atoms with E-state index in [9.17, 15) is 4.39 Å². The molecule has 3 nitrogen and oxygen atoms in total. The molecule has 2 rings (SSSR count). The normalized spacial score (nSPS) is 11.6. The highest BCUT2D eigenvalue weighted by molar-refractivity contribution is 6.04. The Bertz CT molecular complexity index is 631. The Kier molecular flexibility index (Phi) is 3.51. The fraction of sp³-hybridized carbons (Fsp3) is 0.133. The third-order valence-corrected chi connectivity index (χ3v) is 3.15. The van der Waals surface area contributed by atoms with E-state index >= 15 is 0 Å². The second-order valence-corrected chi connectivity index (χ2v) is 4.32. The minimum Gasteiger partial charge on any atom is -0.398 e. The molecule has 0 saturated heterocycles. The van der Waals surface area contributed by atoms with Crippen molar-refractivity contribution in [2.75, 3.05) is 12.8 Å². The zero-order valence-electron chi connectivity index (χ0n) is 10.9. The Labute approximate surface area is 111 Å². The molecule has 0 aliphatic heterocycles. The molecule has 0 unspecified atom stereocenters. The lowest BCUT2D eigenvalue weighted by molar-refractivity contribution is 0.628. The van der Waals surface area contributed by atoms with Crippen LogP contribution < -0.4 is 11.5 Å². The van der Waals surface area contributed by atoms with Crippen molar-refractivity contribution in [3.05, 3.63) is 53.3 Å². The van der Waals surface area contributed by atoms with Gasteiger partial charge in [0, 0.05) is 18.3 Å². The largest absolute Gasteiger partial charge is 0.398 e. The molecule has 98 valence electrons. The number of hydrogen-bond donors (Lipinski definition) is 2. The zero-order chi connectivity index (χ0) is 14.0. The summed E-state index contributed by atoms with van der Waals surface area (Å²) in [6.07, 6.45) is 0. The molecule has 0 atom stereocenters. The summed E-state index contributed by atoms with van der Waals surface area (Å²) >= 11 is 0. The Morgan fingerprint density at radius 2 is 1.74 bits per heavy atom. The number of amidine groups is 1. The summed E-state index contributed by atoms with van der Waals surface area (Å²) in [6.45, 7) is 1.93. The van der Waals surface area contributed by atoms with Gasteiger partial charge in [-0.15, -0.1) is 0 Å². The van der Waals surface area contributed by atoms with E-state index in [0.717, 1.165) is 22.3 Å². The average molecular weight is 257 g/mol. The van der Waals surface area contributed by atoms with Crippen molar-refractivity contribution < 1.29 is 4.39 Å². The van der Waals surface area contributed by atoms with Crippen molar-refractivity contribution in [1.29, 1.82) is 0 Å². The van der Waals surface area contributed by atoms with Crippen LogP contribution in [0.4, 0.5) is 10.1 Å². The number of nitrogens with two attached hydrogens (primary N) is 2. The second-order valence-electron chi connectivity index (χ2n) is 4.32. The summed E-state index contributed by atoms with van der Waals surface area (Å²) in [6, 6.07) is 10.0. The summed E-state index contributed by atoms with van der Waals surface area (Å²) in [5.74, 6) is 0.144.